The Balaban J connectivity index is 2.10. The van der Waals surface area contributed by atoms with E-state index < -0.39 is 0 Å². The van der Waals surface area contributed by atoms with Crippen LogP contribution in [0.1, 0.15) is 82.4 Å². The largest absolute Gasteiger partial charge is 0.466 e. The lowest BCUT2D eigenvalue weighted by Crippen LogP contribution is -2.43. The minimum absolute atomic E-state index is 0.0717. The van der Waals surface area contributed by atoms with Crippen LogP contribution in [-0.2, 0) is 20.9 Å². The molecule has 0 saturated carbocycles. The fraction of sp³-hybridized carbons (Fsp3) is 0.607. The number of piperidine rings is 1. The molecule has 0 bridgehead atoms. The summed E-state index contributed by atoms with van der Waals surface area (Å²) in [4.78, 5) is 43.6. The van der Waals surface area contributed by atoms with Crippen LogP contribution in [0.25, 0.3) is 6.08 Å². The molecule has 206 valence electrons. The first-order valence-corrected chi connectivity index (χ1v) is 14.9. The number of pyridine rings is 1. The van der Waals surface area contributed by atoms with Gasteiger partial charge in [0.15, 0.2) is 0 Å². The highest BCUT2D eigenvalue weighted by atomic mass is 32.2. The molecule has 1 aromatic rings. The van der Waals surface area contributed by atoms with E-state index >= 15 is 0 Å². The first kappa shape index (κ1) is 29.9. The summed E-state index contributed by atoms with van der Waals surface area (Å²) < 4.78 is 7.46. The Labute approximate surface area is 235 Å². The number of amides is 1. The van der Waals surface area contributed by atoms with Crippen LogP contribution in [0.5, 0.6) is 0 Å². The third kappa shape index (κ3) is 6.49. The zero-order valence-corrected chi connectivity index (χ0v) is 24.5. The number of hydrogen-bond donors (Lipinski definition) is 0. The summed E-state index contributed by atoms with van der Waals surface area (Å²) in [6.07, 6.45) is 8.12. The van der Waals surface area contributed by atoms with Crippen molar-refractivity contribution < 1.29 is 14.3 Å². The first-order valence-electron chi connectivity index (χ1n) is 13.6. The highest BCUT2D eigenvalue weighted by Gasteiger charge is 2.34. The van der Waals surface area contributed by atoms with Crippen molar-refractivity contribution in [3.63, 3.8) is 0 Å². The molecule has 3 rings (SSSR count). The molecule has 2 fully saturated rings. The van der Waals surface area contributed by atoms with Crippen molar-refractivity contribution in [2.75, 3.05) is 31.1 Å². The Hall–Kier alpha value is -2.64. The molecule has 2 aliphatic rings. The molecule has 0 radical (unpaired) electrons. The van der Waals surface area contributed by atoms with Crippen molar-refractivity contribution in [3.05, 3.63) is 31.9 Å². The maximum atomic E-state index is 13.4. The number of thiocarbonyl (C=S) groups is 1. The number of hydrogen-bond acceptors (Lipinski definition) is 8. The summed E-state index contributed by atoms with van der Waals surface area (Å²) in [5.41, 5.74) is 0.917. The summed E-state index contributed by atoms with van der Waals surface area (Å²) in [6, 6.07) is 2.09. The molecule has 8 nitrogen and oxygen atoms in total. The van der Waals surface area contributed by atoms with Crippen molar-refractivity contribution in [1.82, 2.24) is 9.47 Å². The fourth-order valence-electron chi connectivity index (χ4n) is 5.06. The average molecular weight is 559 g/mol. The standard InChI is InChI=1S/C28H38N4O4S2/c1-5-8-9-10-15-32-26(34)23(38-28(32)37)16-21-19(4)22(17-29)25(33)31(13-6-2)24(21)30-14-11-12-20(18-30)27(35)36-7-3/h16,20H,5-15,18H2,1-4H3/b23-16-. The lowest BCUT2D eigenvalue weighted by molar-refractivity contribution is -0.148. The van der Waals surface area contributed by atoms with E-state index in [4.69, 9.17) is 17.0 Å². The van der Waals surface area contributed by atoms with Crippen molar-refractivity contribution >= 4 is 52.1 Å². The van der Waals surface area contributed by atoms with Crippen LogP contribution in [-0.4, -0.2) is 51.9 Å². The number of esters is 1. The van der Waals surface area contributed by atoms with Crippen LogP contribution in [0.2, 0.25) is 0 Å². The lowest BCUT2D eigenvalue weighted by Gasteiger charge is -2.36. The number of aromatic nitrogens is 1. The topological polar surface area (TPSA) is 95.6 Å². The molecule has 1 unspecified atom stereocenters. The Morgan fingerprint density at radius 2 is 1.95 bits per heavy atom. The fourth-order valence-corrected chi connectivity index (χ4v) is 6.35. The predicted molar refractivity (Wildman–Crippen MR) is 156 cm³/mol. The molecule has 38 heavy (non-hydrogen) atoms. The highest BCUT2D eigenvalue weighted by molar-refractivity contribution is 8.26. The Bertz CT molecular complexity index is 1200. The van der Waals surface area contributed by atoms with Gasteiger partial charge in [-0.25, -0.2) is 0 Å². The molecule has 1 amide bonds. The van der Waals surface area contributed by atoms with E-state index in [0.29, 0.717) is 71.8 Å². The SMILES string of the molecule is CCCCCCN1C(=O)/C(=C/c2c(C)c(C#N)c(=O)n(CCC)c2N2CCCC(C(=O)OCC)C2)SC1=S. The van der Waals surface area contributed by atoms with Crippen LogP contribution in [0.3, 0.4) is 0 Å². The number of ether oxygens (including phenoxy) is 1. The lowest BCUT2D eigenvalue weighted by atomic mass is 9.96. The van der Waals surface area contributed by atoms with Gasteiger partial charge in [0.2, 0.25) is 0 Å². The number of nitriles is 1. The molecular weight excluding hydrogens is 520 g/mol. The van der Waals surface area contributed by atoms with E-state index in [1.165, 1.54) is 11.8 Å². The minimum Gasteiger partial charge on any atom is -0.466 e. The highest BCUT2D eigenvalue weighted by Crippen LogP contribution is 2.37. The van der Waals surface area contributed by atoms with Crippen LogP contribution in [0, 0.1) is 24.2 Å². The second-order valence-corrected chi connectivity index (χ2v) is 11.4. The Morgan fingerprint density at radius 3 is 2.61 bits per heavy atom. The van der Waals surface area contributed by atoms with E-state index in [0.717, 1.165) is 32.1 Å². The van der Waals surface area contributed by atoms with Crippen LogP contribution < -0.4 is 10.5 Å². The van der Waals surface area contributed by atoms with E-state index in [-0.39, 0.29) is 28.9 Å². The van der Waals surface area contributed by atoms with Crippen molar-refractivity contribution in [2.24, 2.45) is 5.92 Å². The molecular formula is C28H38N4O4S2. The summed E-state index contributed by atoms with van der Waals surface area (Å²) in [5.74, 6) is -0.0383. The normalized spacial score (nSPS) is 18.8. The number of thioether (sulfide) groups is 1. The average Bonchev–Trinajstić information content (AvgIpc) is 3.17. The first-order chi connectivity index (χ1) is 18.3. The summed E-state index contributed by atoms with van der Waals surface area (Å²) in [7, 11) is 0. The zero-order chi connectivity index (χ0) is 27.8. The van der Waals surface area contributed by atoms with Gasteiger partial charge in [0.25, 0.3) is 11.5 Å². The molecule has 0 aliphatic carbocycles. The molecule has 2 saturated heterocycles. The third-order valence-corrected chi connectivity index (χ3v) is 8.40. The molecule has 1 atom stereocenters. The summed E-state index contributed by atoms with van der Waals surface area (Å²) in [5, 5.41) is 9.87. The van der Waals surface area contributed by atoms with Gasteiger partial charge >= 0.3 is 5.97 Å². The number of carbonyl (C=O) groups excluding carboxylic acids is 2. The maximum absolute atomic E-state index is 13.4. The minimum atomic E-state index is -0.347. The van der Waals surface area contributed by atoms with Gasteiger partial charge in [-0.05, 0) is 51.2 Å². The van der Waals surface area contributed by atoms with E-state index in [1.807, 2.05) is 11.8 Å². The van der Waals surface area contributed by atoms with Gasteiger partial charge in [-0.2, -0.15) is 5.26 Å². The van der Waals surface area contributed by atoms with E-state index in [2.05, 4.69) is 13.0 Å². The van der Waals surface area contributed by atoms with E-state index in [9.17, 15) is 19.6 Å². The molecule has 2 aliphatic heterocycles. The molecule has 1 aromatic heterocycles. The van der Waals surface area contributed by atoms with Crippen LogP contribution in [0.4, 0.5) is 5.82 Å². The molecule has 0 aromatic carbocycles. The predicted octanol–water partition coefficient (Wildman–Crippen LogP) is 5.00. The molecule has 10 heteroatoms. The molecule has 3 heterocycles. The zero-order valence-electron chi connectivity index (χ0n) is 22.9. The second-order valence-electron chi connectivity index (χ2n) is 9.74. The second kappa shape index (κ2) is 13.9. The Morgan fingerprint density at radius 1 is 1.18 bits per heavy atom. The maximum Gasteiger partial charge on any atom is 0.310 e. The van der Waals surface area contributed by atoms with Crippen molar-refractivity contribution in [1.29, 1.82) is 5.26 Å². The van der Waals surface area contributed by atoms with Crippen LogP contribution in [0.15, 0.2) is 9.70 Å². The number of carbonyl (C=O) groups is 2. The van der Waals surface area contributed by atoms with Gasteiger partial charge in [0, 0.05) is 31.7 Å². The number of nitrogens with zero attached hydrogens (tertiary/aromatic N) is 4. The smallest absolute Gasteiger partial charge is 0.310 e. The molecule has 0 spiro atoms. The van der Waals surface area contributed by atoms with Gasteiger partial charge < -0.3 is 9.64 Å². The van der Waals surface area contributed by atoms with Gasteiger partial charge in [0.05, 0.1) is 17.4 Å². The van der Waals surface area contributed by atoms with Gasteiger partial charge in [-0.1, -0.05) is 57.1 Å². The summed E-state index contributed by atoms with van der Waals surface area (Å²) in [6.45, 7) is 10.1. The van der Waals surface area contributed by atoms with Gasteiger partial charge in [0.1, 0.15) is 21.8 Å². The monoisotopic (exact) mass is 558 g/mol. The van der Waals surface area contributed by atoms with Crippen molar-refractivity contribution in [3.8, 4) is 6.07 Å². The number of unbranched alkanes of at least 4 members (excludes halogenated alkanes) is 3. The Kier molecular flexibility index (Phi) is 11.0. The van der Waals surface area contributed by atoms with Gasteiger partial charge in [-0.15, -0.1) is 0 Å². The van der Waals surface area contributed by atoms with Gasteiger partial charge in [-0.3, -0.25) is 23.9 Å². The number of anilines is 1. The van der Waals surface area contributed by atoms with E-state index in [1.54, 1.807) is 29.4 Å². The molecule has 0 N–H and O–H groups in total. The third-order valence-electron chi connectivity index (χ3n) is 7.02. The summed E-state index contributed by atoms with van der Waals surface area (Å²) >= 11 is 6.80. The van der Waals surface area contributed by atoms with Crippen LogP contribution >= 0.6 is 24.0 Å². The van der Waals surface area contributed by atoms with Crippen molar-refractivity contribution in [2.45, 2.75) is 79.2 Å². The number of rotatable bonds is 11. The quantitative estimate of drug-likeness (QED) is 0.162.